The third-order valence-corrected chi connectivity index (χ3v) is 4.41. The maximum atomic E-state index is 13.0. The number of fused-ring (bicyclic) bond motifs is 1. The Labute approximate surface area is 144 Å². The lowest BCUT2D eigenvalue weighted by molar-refractivity contribution is -0.869. The van der Waals surface area contributed by atoms with E-state index in [9.17, 15) is 4.79 Å². The maximum absolute atomic E-state index is 13.0. The predicted octanol–water partition coefficient (Wildman–Crippen LogP) is 2.99. The van der Waals surface area contributed by atoms with E-state index in [1.54, 1.807) is 0 Å². The van der Waals surface area contributed by atoms with E-state index in [1.165, 1.54) is 0 Å². The van der Waals surface area contributed by atoms with Gasteiger partial charge in [0.1, 0.15) is 0 Å². The fourth-order valence-corrected chi connectivity index (χ4v) is 3.01. The topological polar surface area (TPSA) is 23.6 Å². The second-order valence-electron chi connectivity index (χ2n) is 7.31. The second kappa shape index (κ2) is 6.65. The van der Waals surface area contributed by atoms with Crippen LogP contribution in [0.3, 0.4) is 0 Å². The van der Waals surface area contributed by atoms with Crippen LogP contribution >= 0.6 is 0 Å². The van der Waals surface area contributed by atoms with Crippen molar-refractivity contribution in [1.29, 1.82) is 0 Å². The van der Waals surface area contributed by atoms with Crippen molar-refractivity contribution < 1.29 is 9.28 Å². The van der Waals surface area contributed by atoms with E-state index in [-0.39, 0.29) is 5.91 Å². The molecule has 0 aromatic heterocycles. The van der Waals surface area contributed by atoms with Crippen LogP contribution in [0.1, 0.15) is 10.4 Å². The maximum Gasteiger partial charge on any atom is 0.256 e. The largest absolute Gasteiger partial charge is 0.339 e. The Kier molecular flexibility index (Phi) is 4.58. The minimum absolute atomic E-state index is 0.137. The van der Waals surface area contributed by atoms with Gasteiger partial charge in [0.15, 0.2) is 0 Å². The average Bonchev–Trinajstić information content (AvgIpc) is 2.71. The van der Waals surface area contributed by atoms with Gasteiger partial charge in [0, 0.05) is 18.8 Å². The Bertz CT molecular complexity index is 706. The molecule has 0 spiro atoms. The minimum atomic E-state index is 0.137. The lowest BCUT2D eigenvalue weighted by atomic mass is 10.1. The quantitative estimate of drug-likeness (QED) is 0.807. The third-order valence-electron chi connectivity index (χ3n) is 4.41. The van der Waals surface area contributed by atoms with Gasteiger partial charge in [0.05, 0.1) is 45.5 Å². The number of hydrogen-bond acceptors (Lipinski definition) is 2. The van der Waals surface area contributed by atoms with Crippen molar-refractivity contribution in [3.63, 3.8) is 0 Å². The molecule has 1 aliphatic rings. The number of hydrogen-bond donors (Lipinski definition) is 0. The molecule has 2 aromatic rings. The van der Waals surface area contributed by atoms with Crippen LogP contribution in [0.25, 0.3) is 0 Å². The van der Waals surface area contributed by atoms with E-state index < -0.39 is 0 Å². The Morgan fingerprint density at radius 3 is 2.29 bits per heavy atom. The first kappa shape index (κ1) is 16.5. The van der Waals surface area contributed by atoms with Crippen LogP contribution in [-0.4, -0.2) is 62.6 Å². The van der Waals surface area contributed by atoms with Crippen molar-refractivity contribution in [1.82, 2.24) is 4.90 Å². The summed E-state index contributed by atoms with van der Waals surface area (Å²) in [5, 5.41) is 0. The van der Waals surface area contributed by atoms with E-state index in [0.717, 1.165) is 47.6 Å². The number of benzene rings is 2. The average molecular weight is 324 g/mol. The molecule has 0 saturated carbocycles. The highest BCUT2D eigenvalue weighted by atomic mass is 16.2. The van der Waals surface area contributed by atoms with Gasteiger partial charge >= 0.3 is 0 Å². The summed E-state index contributed by atoms with van der Waals surface area (Å²) in [6.07, 6.45) is 0. The summed E-state index contributed by atoms with van der Waals surface area (Å²) in [5.41, 5.74) is 2.92. The smallest absolute Gasteiger partial charge is 0.256 e. The van der Waals surface area contributed by atoms with E-state index >= 15 is 0 Å². The molecule has 24 heavy (non-hydrogen) atoms. The van der Waals surface area contributed by atoms with Crippen LogP contribution in [0.15, 0.2) is 54.6 Å². The molecule has 0 saturated heterocycles. The summed E-state index contributed by atoms with van der Waals surface area (Å²) in [6.45, 7) is 3.27. The molecular weight excluding hydrogens is 298 g/mol. The molecule has 1 heterocycles. The van der Waals surface area contributed by atoms with Crippen LogP contribution in [-0.2, 0) is 0 Å². The van der Waals surface area contributed by atoms with Crippen molar-refractivity contribution >= 4 is 17.3 Å². The van der Waals surface area contributed by atoms with Crippen molar-refractivity contribution in [3.05, 3.63) is 60.2 Å². The van der Waals surface area contributed by atoms with Gasteiger partial charge in [-0.1, -0.05) is 30.3 Å². The van der Waals surface area contributed by atoms with E-state index in [1.807, 2.05) is 47.4 Å². The fourth-order valence-electron chi connectivity index (χ4n) is 3.01. The summed E-state index contributed by atoms with van der Waals surface area (Å²) in [4.78, 5) is 17.3. The zero-order valence-corrected chi connectivity index (χ0v) is 14.8. The molecule has 0 bridgehead atoms. The zero-order valence-electron chi connectivity index (χ0n) is 14.8. The first-order valence-electron chi connectivity index (χ1n) is 8.47. The summed E-state index contributed by atoms with van der Waals surface area (Å²) < 4.78 is 0.855. The molecule has 4 heteroatoms. The Hall–Kier alpha value is -2.33. The zero-order chi connectivity index (χ0) is 17.2. The molecule has 4 nitrogen and oxygen atoms in total. The highest BCUT2D eigenvalue weighted by Gasteiger charge is 2.27. The molecule has 0 radical (unpaired) electrons. The molecule has 0 atom stereocenters. The lowest BCUT2D eigenvalue weighted by Gasteiger charge is -2.28. The molecule has 0 unspecified atom stereocenters. The van der Waals surface area contributed by atoms with Gasteiger partial charge in [0.2, 0.25) is 0 Å². The molecule has 0 N–H and O–H groups in total. The van der Waals surface area contributed by atoms with Gasteiger partial charge in [-0.2, -0.15) is 0 Å². The first-order chi connectivity index (χ1) is 11.5. The number of carbonyl (C=O) groups excluding carboxylic acids is 1. The van der Waals surface area contributed by atoms with Gasteiger partial charge in [-0.15, -0.1) is 0 Å². The van der Waals surface area contributed by atoms with E-state index in [2.05, 4.69) is 38.2 Å². The number of carbonyl (C=O) groups is 1. The molecular formula is C20H26N3O+. The third kappa shape index (κ3) is 3.60. The number of anilines is 2. The number of quaternary nitrogens is 1. The molecule has 126 valence electrons. The molecule has 0 fully saturated rings. The summed E-state index contributed by atoms with van der Waals surface area (Å²) in [5.74, 6) is 0.137. The molecule has 1 amide bonds. The standard InChI is InChI=1S/C20H26N3O/c1-23(2,3)16-15-21-13-14-22(17-9-5-4-6-10-17)19-12-8-7-11-18(19)20(21)24/h4-12H,13-16H2,1-3H3/q+1. The Morgan fingerprint density at radius 1 is 0.917 bits per heavy atom. The second-order valence-corrected chi connectivity index (χ2v) is 7.31. The molecule has 3 rings (SSSR count). The Balaban J connectivity index is 1.93. The minimum Gasteiger partial charge on any atom is -0.339 e. The van der Waals surface area contributed by atoms with Crippen molar-refractivity contribution in [3.8, 4) is 0 Å². The summed E-state index contributed by atoms with van der Waals surface area (Å²) >= 11 is 0. The van der Waals surface area contributed by atoms with Crippen LogP contribution in [0.4, 0.5) is 11.4 Å². The van der Waals surface area contributed by atoms with Crippen LogP contribution in [0, 0.1) is 0 Å². The number of amides is 1. The van der Waals surface area contributed by atoms with Gasteiger partial charge in [-0.05, 0) is 24.3 Å². The predicted molar refractivity (Wildman–Crippen MR) is 98.7 cm³/mol. The normalized spacial score (nSPS) is 15.2. The highest BCUT2D eigenvalue weighted by Crippen LogP contribution is 2.31. The van der Waals surface area contributed by atoms with E-state index in [0.29, 0.717) is 0 Å². The van der Waals surface area contributed by atoms with Gasteiger partial charge < -0.3 is 14.3 Å². The van der Waals surface area contributed by atoms with Crippen molar-refractivity contribution in [2.75, 3.05) is 52.2 Å². The number of nitrogens with zero attached hydrogens (tertiary/aromatic N) is 3. The highest BCUT2D eigenvalue weighted by molar-refractivity contribution is 6.01. The summed E-state index contributed by atoms with van der Waals surface area (Å²) in [7, 11) is 6.48. The molecule has 1 aliphatic heterocycles. The number of likely N-dealkylation sites (N-methyl/N-ethyl adjacent to an activating group) is 1. The molecule has 0 aliphatic carbocycles. The molecule has 2 aromatic carbocycles. The van der Waals surface area contributed by atoms with Crippen LogP contribution in [0.2, 0.25) is 0 Å². The number of rotatable bonds is 4. The Morgan fingerprint density at radius 2 is 1.58 bits per heavy atom. The van der Waals surface area contributed by atoms with Crippen molar-refractivity contribution in [2.24, 2.45) is 0 Å². The van der Waals surface area contributed by atoms with Gasteiger partial charge in [-0.3, -0.25) is 4.79 Å². The lowest BCUT2D eigenvalue weighted by Crippen LogP contribution is -2.44. The number of para-hydroxylation sites is 2. The van der Waals surface area contributed by atoms with Crippen LogP contribution < -0.4 is 4.90 Å². The summed E-state index contributed by atoms with van der Waals surface area (Å²) in [6, 6.07) is 18.2. The monoisotopic (exact) mass is 324 g/mol. The van der Waals surface area contributed by atoms with Gasteiger partial charge in [-0.25, -0.2) is 0 Å². The SMILES string of the molecule is C[N+](C)(C)CCN1CCN(c2ccccc2)c2ccccc2C1=O. The first-order valence-corrected chi connectivity index (χ1v) is 8.47. The van der Waals surface area contributed by atoms with Gasteiger partial charge in [0.25, 0.3) is 5.91 Å². The van der Waals surface area contributed by atoms with Crippen LogP contribution in [0.5, 0.6) is 0 Å². The van der Waals surface area contributed by atoms with E-state index in [4.69, 9.17) is 0 Å². The van der Waals surface area contributed by atoms with Crippen molar-refractivity contribution in [2.45, 2.75) is 0 Å². The fraction of sp³-hybridized carbons (Fsp3) is 0.350.